The lowest BCUT2D eigenvalue weighted by molar-refractivity contribution is -0.140. The van der Waals surface area contributed by atoms with Crippen LogP contribution >= 0.6 is 23.2 Å². The number of carbonyl (C=O) groups is 3. The summed E-state index contributed by atoms with van der Waals surface area (Å²) >= 11 is 12.3. The Morgan fingerprint density at radius 3 is 2.26 bits per heavy atom. The molecule has 0 bridgehead atoms. The Labute approximate surface area is 188 Å². The molecule has 162 valence electrons. The van der Waals surface area contributed by atoms with Gasteiger partial charge in [0.25, 0.3) is 5.91 Å². The van der Waals surface area contributed by atoms with Gasteiger partial charge in [0.15, 0.2) is 0 Å². The van der Waals surface area contributed by atoms with Crippen LogP contribution in [0.5, 0.6) is 0 Å². The van der Waals surface area contributed by atoms with Crippen molar-refractivity contribution in [3.63, 3.8) is 0 Å². The number of rotatable bonds is 5. The molecule has 31 heavy (non-hydrogen) atoms. The number of anilines is 2. The monoisotopic (exact) mass is 464 g/mol. The zero-order chi connectivity index (χ0) is 22.5. The van der Waals surface area contributed by atoms with Crippen LogP contribution in [0.3, 0.4) is 0 Å². The van der Waals surface area contributed by atoms with Crippen LogP contribution in [0.2, 0.25) is 10.0 Å². The average molecular weight is 465 g/mol. The number of nitrogens with zero attached hydrogens (tertiary/aromatic N) is 1. The van der Waals surface area contributed by atoms with E-state index in [1.54, 1.807) is 42.5 Å². The second-order valence-corrected chi connectivity index (χ2v) is 7.10. The fourth-order valence-electron chi connectivity index (χ4n) is 3.03. The highest BCUT2D eigenvalue weighted by molar-refractivity contribution is 6.40. The van der Waals surface area contributed by atoms with Gasteiger partial charge in [0.1, 0.15) is 12.4 Å². The Hall–Kier alpha value is -3.07. The van der Waals surface area contributed by atoms with Crippen LogP contribution in [0.4, 0.5) is 11.4 Å². The van der Waals surface area contributed by atoms with E-state index in [4.69, 9.17) is 37.4 Å². The normalized spacial score (nSPS) is 13.6. The highest BCUT2D eigenvalue weighted by atomic mass is 35.5. The van der Waals surface area contributed by atoms with Crippen LogP contribution in [0.15, 0.2) is 53.7 Å². The van der Waals surface area contributed by atoms with E-state index in [0.717, 1.165) is 0 Å². The number of benzene rings is 2. The third-order valence-corrected chi connectivity index (χ3v) is 5.10. The molecule has 0 saturated carbocycles. The first-order valence-electron chi connectivity index (χ1n) is 8.98. The quantitative estimate of drug-likeness (QED) is 0.674. The van der Waals surface area contributed by atoms with Crippen molar-refractivity contribution in [1.82, 2.24) is 0 Å². The van der Waals surface area contributed by atoms with Gasteiger partial charge in [0, 0.05) is 0 Å². The molecule has 1 aliphatic heterocycles. The minimum absolute atomic E-state index is 0.0232. The number of hydrogen-bond donors (Lipinski definition) is 1. The van der Waals surface area contributed by atoms with Gasteiger partial charge < -0.3 is 24.4 Å². The molecule has 0 spiro atoms. The maximum absolute atomic E-state index is 13.1. The van der Waals surface area contributed by atoms with E-state index in [-0.39, 0.29) is 45.9 Å². The van der Waals surface area contributed by atoms with E-state index in [1.165, 1.54) is 19.1 Å². The summed E-state index contributed by atoms with van der Waals surface area (Å²) in [5.74, 6) is -2.04. The second kappa shape index (κ2) is 9.82. The number of para-hydroxylation sites is 2. The largest absolute Gasteiger partial charge is 0.466 e. The van der Waals surface area contributed by atoms with Gasteiger partial charge in [-0.1, -0.05) is 41.4 Å². The fraction of sp³-hybridized carbons (Fsp3) is 0.190. The van der Waals surface area contributed by atoms with Gasteiger partial charge in [-0.3, -0.25) is 4.79 Å². The zero-order valence-electron chi connectivity index (χ0n) is 16.6. The van der Waals surface area contributed by atoms with Gasteiger partial charge >= 0.3 is 11.9 Å². The summed E-state index contributed by atoms with van der Waals surface area (Å²) in [7, 11) is 2.38. The molecule has 0 atom stereocenters. The van der Waals surface area contributed by atoms with Gasteiger partial charge in [-0.15, -0.1) is 0 Å². The minimum atomic E-state index is -0.770. The molecule has 8 nitrogen and oxygen atoms in total. The SMILES string of the molecule is COC(=O)C1=C(C(=O)OC)N(c2ccccc2C(=O)Nc2c(Cl)cccc2Cl)COC1. The van der Waals surface area contributed by atoms with Crippen LogP contribution in [0.25, 0.3) is 0 Å². The number of amides is 1. The van der Waals surface area contributed by atoms with Gasteiger partial charge in [-0.25, -0.2) is 9.59 Å². The van der Waals surface area contributed by atoms with Crippen LogP contribution in [-0.4, -0.2) is 45.4 Å². The topological polar surface area (TPSA) is 94.2 Å². The summed E-state index contributed by atoms with van der Waals surface area (Å²) < 4.78 is 15.1. The fourth-order valence-corrected chi connectivity index (χ4v) is 3.52. The molecule has 10 heteroatoms. The maximum atomic E-state index is 13.1. The molecule has 0 aliphatic carbocycles. The first-order valence-corrected chi connectivity index (χ1v) is 9.74. The molecule has 2 aromatic rings. The van der Waals surface area contributed by atoms with Gasteiger partial charge in [-0.2, -0.15) is 0 Å². The Morgan fingerprint density at radius 2 is 1.61 bits per heavy atom. The molecular weight excluding hydrogens is 447 g/mol. The summed E-state index contributed by atoms with van der Waals surface area (Å²) in [6.07, 6.45) is 0. The molecule has 1 heterocycles. The van der Waals surface area contributed by atoms with E-state index in [2.05, 4.69) is 5.32 Å². The number of methoxy groups -OCH3 is 2. The van der Waals surface area contributed by atoms with Crippen LogP contribution in [0.1, 0.15) is 10.4 Å². The van der Waals surface area contributed by atoms with Crippen molar-refractivity contribution >= 4 is 52.4 Å². The lowest BCUT2D eigenvalue weighted by Gasteiger charge is -2.32. The molecule has 0 aromatic heterocycles. The highest BCUT2D eigenvalue weighted by Gasteiger charge is 2.34. The summed E-state index contributed by atoms with van der Waals surface area (Å²) in [5, 5.41) is 3.22. The van der Waals surface area contributed by atoms with Crippen molar-refractivity contribution in [2.24, 2.45) is 0 Å². The lowest BCUT2D eigenvalue weighted by atomic mass is 10.1. The van der Waals surface area contributed by atoms with Crippen LogP contribution in [-0.2, 0) is 23.8 Å². The minimum Gasteiger partial charge on any atom is -0.466 e. The Balaban J connectivity index is 2.07. The van der Waals surface area contributed by atoms with E-state index in [1.807, 2.05) is 0 Å². The number of ether oxygens (including phenoxy) is 3. The zero-order valence-corrected chi connectivity index (χ0v) is 18.1. The molecule has 0 saturated heterocycles. The molecule has 1 amide bonds. The van der Waals surface area contributed by atoms with Crippen molar-refractivity contribution < 1.29 is 28.6 Å². The van der Waals surface area contributed by atoms with Crippen molar-refractivity contribution in [2.45, 2.75) is 0 Å². The summed E-state index contributed by atoms with van der Waals surface area (Å²) in [5.41, 5.74) is 0.653. The number of halogens is 2. The molecule has 0 fully saturated rings. The highest BCUT2D eigenvalue weighted by Crippen LogP contribution is 2.33. The smallest absolute Gasteiger partial charge is 0.355 e. The number of esters is 2. The van der Waals surface area contributed by atoms with Crippen molar-refractivity contribution in [3.05, 3.63) is 69.3 Å². The van der Waals surface area contributed by atoms with E-state index < -0.39 is 17.8 Å². The Kier molecular flexibility index (Phi) is 7.17. The first-order chi connectivity index (χ1) is 14.9. The van der Waals surface area contributed by atoms with Crippen LogP contribution < -0.4 is 10.2 Å². The van der Waals surface area contributed by atoms with E-state index in [0.29, 0.717) is 5.69 Å². The molecular formula is C21H18Cl2N2O6. The molecule has 1 aliphatic rings. The lowest BCUT2D eigenvalue weighted by Crippen LogP contribution is -2.39. The molecule has 0 unspecified atom stereocenters. The summed E-state index contributed by atoms with van der Waals surface area (Å²) in [6.45, 7) is -0.237. The van der Waals surface area contributed by atoms with Gasteiger partial charge in [0.05, 0.1) is 53.4 Å². The van der Waals surface area contributed by atoms with Crippen molar-refractivity contribution in [2.75, 3.05) is 37.8 Å². The van der Waals surface area contributed by atoms with E-state index in [9.17, 15) is 14.4 Å². The molecule has 3 rings (SSSR count). The Bertz CT molecular complexity index is 1050. The third kappa shape index (κ3) is 4.66. The second-order valence-electron chi connectivity index (χ2n) is 6.28. The maximum Gasteiger partial charge on any atom is 0.355 e. The first kappa shape index (κ1) is 22.6. The Morgan fingerprint density at radius 1 is 0.968 bits per heavy atom. The number of carbonyl (C=O) groups excluding carboxylic acids is 3. The standard InChI is InChI=1S/C21H18Cl2N2O6/c1-29-20(27)13-10-31-11-25(18(13)21(28)30-2)16-9-4-3-6-12(16)19(26)24-17-14(22)7-5-8-15(17)23/h3-9H,10-11H2,1-2H3,(H,24,26). The predicted molar refractivity (Wildman–Crippen MR) is 115 cm³/mol. The van der Waals surface area contributed by atoms with Crippen molar-refractivity contribution in [3.8, 4) is 0 Å². The molecule has 0 radical (unpaired) electrons. The van der Waals surface area contributed by atoms with Gasteiger partial charge in [0.2, 0.25) is 0 Å². The third-order valence-electron chi connectivity index (χ3n) is 4.47. The van der Waals surface area contributed by atoms with Gasteiger partial charge in [-0.05, 0) is 24.3 Å². The number of hydrogen-bond acceptors (Lipinski definition) is 7. The average Bonchev–Trinajstić information content (AvgIpc) is 2.79. The molecule has 2 aromatic carbocycles. The molecule has 1 N–H and O–H groups in total. The van der Waals surface area contributed by atoms with Crippen LogP contribution in [0, 0.1) is 0 Å². The van der Waals surface area contributed by atoms with Crippen molar-refractivity contribution in [1.29, 1.82) is 0 Å². The number of nitrogens with one attached hydrogen (secondary N) is 1. The summed E-state index contributed by atoms with van der Waals surface area (Å²) in [4.78, 5) is 39.2. The van der Waals surface area contributed by atoms with E-state index >= 15 is 0 Å². The predicted octanol–water partition coefficient (Wildman–Crippen LogP) is 3.64. The summed E-state index contributed by atoms with van der Waals surface area (Å²) in [6, 6.07) is 11.3.